The Morgan fingerprint density at radius 1 is 0.700 bits per heavy atom. The van der Waals surface area contributed by atoms with E-state index in [1.165, 1.54) is 0 Å². The SMILES string of the molecule is OCCC(S)C(CS)CC(S)CC(CS)C(S)CCO. The van der Waals surface area contributed by atoms with Gasteiger partial charge in [0.15, 0.2) is 0 Å². The summed E-state index contributed by atoms with van der Waals surface area (Å²) in [5, 5.41) is 18.5. The van der Waals surface area contributed by atoms with Gasteiger partial charge in [-0.25, -0.2) is 0 Å². The van der Waals surface area contributed by atoms with Gasteiger partial charge >= 0.3 is 0 Å². The van der Waals surface area contributed by atoms with Gasteiger partial charge in [-0.1, -0.05) is 0 Å². The molecule has 0 rings (SSSR count). The predicted octanol–water partition coefficient (Wildman–Crippen LogP) is 2.52. The van der Waals surface area contributed by atoms with E-state index in [4.69, 9.17) is 10.2 Å². The number of hydrogen-bond donors (Lipinski definition) is 7. The minimum atomic E-state index is 0.157. The molecule has 0 aromatic rings. The Labute approximate surface area is 150 Å². The van der Waals surface area contributed by atoms with Crippen molar-refractivity contribution in [3.05, 3.63) is 0 Å². The van der Waals surface area contributed by atoms with Crippen LogP contribution in [0.25, 0.3) is 0 Å². The fourth-order valence-corrected chi connectivity index (χ4v) is 4.60. The molecule has 0 saturated carbocycles. The maximum Gasteiger partial charge on any atom is 0.0441 e. The van der Waals surface area contributed by atoms with Crippen LogP contribution in [0.3, 0.4) is 0 Å². The molecule has 0 radical (unpaired) electrons. The summed E-state index contributed by atoms with van der Waals surface area (Å²) in [6.45, 7) is 0.314. The first-order valence-corrected chi connectivity index (χ1v) is 9.79. The van der Waals surface area contributed by atoms with E-state index in [-0.39, 0.29) is 29.0 Å². The van der Waals surface area contributed by atoms with Crippen LogP contribution >= 0.6 is 63.1 Å². The Hall–Kier alpha value is 1.67. The number of hydrogen-bond acceptors (Lipinski definition) is 7. The monoisotopic (exact) mass is 376 g/mol. The fraction of sp³-hybridized carbons (Fsp3) is 1.00. The van der Waals surface area contributed by atoms with E-state index in [1.807, 2.05) is 0 Å². The van der Waals surface area contributed by atoms with Crippen molar-refractivity contribution < 1.29 is 10.2 Å². The fourth-order valence-electron chi connectivity index (χ4n) is 2.24. The number of rotatable bonds is 12. The number of aliphatic hydroxyl groups is 2. The standard InChI is InChI=1S/C13H28O2S5/c14-3-1-12(19)9(7-16)5-11(18)6-10(8-17)13(20)2-4-15/h9-20H,1-8H2. The Morgan fingerprint density at radius 3 is 1.30 bits per heavy atom. The Balaban J connectivity index is 4.31. The highest BCUT2D eigenvalue weighted by Gasteiger charge is 2.24. The summed E-state index contributed by atoms with van der Waals surface area (Å²) < 4.78 is 0. The summed E-state index contributed by atoms with van der Waals surface area (Å²) in [6.07, 6.45) is 3.21. The summed E-state index contributed by atoms with van der Waals surface area (Å²) in [5.74, 6) is 2.18. The molecule has 0 amide bonds. The summed E-state index contributed by atoms with van der Waals surface area (Å²) >= 11 is 22.5. The molecule has 0 saturated heterocycles. The average molecular weight is 377 g/mol. The van der Waals surface area contributed by atoms with Crippen molar-refractivity contribution >= 4 is 63.1 Å². The second-order valence-corrected chi connectivity index (χ2v) is 7.96. The zero-order valence-corrected chi connectivity index (χ0v) is 16.1. The van der Waals surface area contributed by atoms with Crippen LogP contribution in [-0.2, 0) is 0 Å². The summed E-state index contributed by atoms with van der Waals surface area (Å²) in [4.78, 5) is 0. The lowest BCUT2D eigenvalue weighted by Gasteiger charge is -2.28. The molecule has 0 aromatic heterocycles. The van der Waals surface area contributed by atoms with Gasteiger partial charge in [-0.15, -0.1) is 0 Å². The summed E-state index contributed by atoms with van der Waals surface area (Å²) in [5.41, 5.74) is 0. The van der Waals surface area contributed by atoms with Crippen molar-refractivity contribution in [1.82, 2.24) is 0 Å². The van der Waals surface area contributed by atoms with Gasteiger partial charge in [-0.3, -0.25) is 0 Å². The van der Waals surface area contributed by atoms with Crippen molar-refractivity contribution in [1.29, 1.82) is 0 Å². The van der Waals surface area contributed by atoms with Gasteiger partial charge in [0.05, 0.1) is 0 Å². The molecule has 0 heterocycles. The lowest BCUT2D eigenvalue weighted by atomic mass is 9.92. The second-order valence-electron chi connectivity index (χ2n) is 5.17. The van der Waals surface area contributed by atoms with Gasteiger partial charge in [-0.05, 0) is 49.0 Å². The van der Waals surface area contributed by atoms with E-state index in [0.29, 0.717) is 24.7 Å². The van der Waals surface area contributed by atoms with Gasteiger partial charge < -0.3 is 10.2 Å². The number of thiol groups is 5. The third kappa shape index (κ3) is 8.96. The molecule has 2 N–H and O–H groups in total. The minimum absolute atomic E-state index is 0.157. The highest BCUT2D eigenvalue weighted by molar-refractivity contribution is 7.82. The first-order chi connectivity index (χ1) is 9.49. The summed E-state index contributed by atoms with van der Waals surface area (Å²) in [6, 6.07) is 0. The van der Waals surface area contributed by atoms with E-state index in [0.717, 1.165) is 24.3 Å². The van der Waals surface area contributed by atoms with Crippen LogP contribution in [0.4, 0.5) is 0 Å². The highest BCUT2D eigenvalue weighted by Crippen LogP contribution is 2.29. The first kappa shape index (κ1) is 21.7. The molecule has 0 bridgehead atoms. The summed E-state index contributed by atoms with van der Waals surface area (Å²) in [7, 11) is 0. The lowest BCUT2D eigenvalue weighted by molar-refractivity contribution is 0.271. The van der Waals surface area contributed by atoms with E-state index in [1.54, 1.807) is 0 Å². The topological polar surface area (TPSA) is 40.5 Å². The predicted molar refractivity (Wildman–Crippen MR) is 106 cm³/mol. The molecule has 0 aliphatic rings. The van der Waals surface area contributed by atoms with Gasteiger partial charge in [0.25, 0.3) is 0 Å². The van der Waals surface area contributed by atoms with Crippen LogP contribution < -0.4 is 0 Å². The quantitative estimate of drug-likeness (QED) is 0.268. The highest BCUT2D eigenvalue weighted by atomic mass is 32.1. The molecule has 7 heteroatoms. The molecule has 4 unspecified atom stereocenters. The Kier molecular flexibility index (Phi) is 14.2. The van der Waals surface area contributed by atoms with E-state index >= 15 is 0 Å². The van der Waals surface area contributed by atoms with Gasteiger partial charge in [0, 0.05) is 29.0 Å². The smallest absolute Gasteiger partial charge is 0.0441 e. The Morgan fingerprint density at radius 2 is 1.05 bits per heavy atom. The zero-order chi connectivity index (χ0) is 15.5. The lowest BCUT2D eigenvalue weighted by Crippen LogP contribution is -2.26. The molecule has 0 fully saturated rings. The normalized spacial score (nSPS) is 19.4. The van der Waals surface area contributed by atoms with E-state index in [9.17, 15) is 0 Å². The third-order valence-electron chi connectivity index (χ3n) is 3.56. The minimum Gasteiger partial charge on any atom is -0.396 e. The van der Waals surface area contributed by atoms with Crippen LogP contribution in [0.5, 0.6) is 0 Å². The molecule has 0 aromatic carbocycles. The maximum absolute atomic E-state index is 8.99. The van der Waals surface area contributed by atoms with Crippen LogP contribution in [0.15, 0.2) is 0 Å². The zero-order valence-electron chi connectivity index (χ0n) is 11.7. The van der Waals surface area contributed by atoms with Crippen molar-refractivity contribution in [3.8, 4) is 0 Å². The average Bonchev–Trinajstić information content (AvgIpc) is 2.42. The molecule has 0 aliphatic carbocycles. The molecular weight excluding hydrogens is 348 g/mol. The Bertz CT molecular complexity index is 211. The van der Waals surface area contributed by atoms with Crippen molar-refractivity contribution in [2.45, 2.75) is 41.4 Å². The first-order valence-electron chi connectivity index (χ1n) is 6.97. The third-order valence-corrected chi connectivity index (χ3v) is 6.28. The molecule has 0 aliphatic heterocycles. The van der Waals surface area contributed by atoms with Crippen LogP contribution in [0, 0.1) is 11.8 Å². The molecule has 4 atom stereocenters. The van der Waals surface area contributed by atoms with Gasteiger partial charge in [-0.2, -0.15) is 63.1 Å². The molecular formula is C13H28O2S5. The van der Waals surface area contributed by atoms with Crippen molar-refractivity contribution in [2.24, 2.45) is 11.8 Å². The van der Waals surface area contributed by atoms with Crippen LogP contribution in [0.1, 0.15) is 25.7 Å². The van der Waals surface area contributed by atoms with Crippen molar-refractivity contribution in [2.75, 3.05) is 24.7 Å². The second kappa shape index (κ2) is 13.1. The van der Waals surface area contributed by atoms with E-state index in [2.05, 4.69) is 63.1 Å². The van der Waals surface area contributed by atoms with E-state index < -0.39 is 0 Å². The maximum atomic E-state index is 8.99. The van der Waals surface area contributed by atoms with Gasteiger partial charge in [0.1, 0.15) is 0 Å². The van der Waals surface area contributed by atoms with Crippen molar-refractivity contribution in [3.63, 3.8) is 0 Å². The molecule has 0 spiro atoms. The number of aliphatic hydroxyl groups excluding tert-OH is 2. The van der Waals surface area contributed by atoms with Crippen LogP contribution in [0.2, 0.25) is 0 Å². The molecule has 122 valence electrons. The van der Waals surface area contributed by atoms with Crippen LogP contribution in [-0.4, -0.2) is 50.7 Å². The molecule has 2 nitrogen and oxygen atoms in total. The molecule has 20 heavy (non-hydrogen) atoms. The largest absolute Gasteiger partial charge is 0.396 e. The van der Waals surface area contributed by atoms with Gasteiger partial charge in [0.2, 0.25) is 0 Å².